The summed E-state index contributed by atoms with van der Waals surface area (Å²) < 4.78 is 8.03. The van der Waals surface area contributed by atoms with Gasteiger partial charge in [-0.15, -0.1) is 0 Å². The summed E-state index contributed by atoms with van der Waals surface area (Å²) in [4.78, 5) is 11.6. The van der Waals surface area contributed by atoms with Crippen LogP contribution in [0.25, 0.3) is 22.2 Å². The van der Waals surface area contributed by atoms with E-state index in [1.807, 2.05) is 44.2 Å². The average molecular weight is 373 g/mol. The van der Waals surface area contributed by atoms with Gasteiger partial charge in [0.05, 0.1) is 22.9 Å². The van der Waals surface area contributed by atoms with Crippen molar-refractivity contribution in [3.05, 3.63) is 47.5 Å². The van der Waals surface area contributed by atoms with Gasteiger partial charge >= 0.3 is 0 Å². The topological polar surface area (TPSA) is 67.0 Å². The summed E-state index contributed by atoms with van der Waals surface area (Å²) in [6.45, 7) is 6.83. The monoisotopic (exact) mass is 373 g/mol. The number of amides is 1. The van der Waals surface area contributed by atoms with E-state index in [1.54, 1.807) is 0 Å². The third kappa shape index (κ3) is 3.01. The lowest BCUT2D eigenvalue weighted by atomic mass is 9.97. The minimum atomic E-state index is 0.0540. The van der Waals surface area contributed by atoms with Gasteiger partial charge < -0.3 is 14.6 Å². The summed E-state index contributed by atoms with van der Waals surface area (Å²) in [5, 5.41) is 13.8. The fraction of sp³-hybridized carbons (Fsp3) is 0.304. The Bertz CT molecular complexity index is 1120. The molecular weight excluding hydrogens is 350 g/mol. The minimum Gasteiger partial charge on any atom is -0.491 e. The zero-order valence-corrected chi connectivity index (χ0v) is 16.4. The van der Waals surface area contributed by atoms with Crippen LogP contribution >= 0.6 is 0 Å². The largest absolute Gasteiger partial charge is 0.491 e. The van der Waals surface area contributed by atoms with Crippen molar-refractivity contribution in [2.24, 2.45) is 0 Å². The molecule has 142 valence electrons. The average Bonchev–Trinajstić information content (AvgIpc) is 2.99. The second kappa shape index (κ2) is 7.05. The van der Waals surface area contributed by atoms with E-state index in [0.717, 1.165) is 52.1 Å². The number of nitrogens with zero attached hydrogens (tertiary/aromatic N) is 2. The van der Waals surface area contributed by atoms with Crippen LogP contribution in [0, 0.1) is 11.3 Å². The SMILES string of the molecule is CCn1c(-c2ccc3c(c2)CCC(=O)N3)c(C#N)c2ccc(OC(C)C)cc21. The number of carbonyl (C=O) groups is 1. The molecule has 1 N–H and O–H groups in total. The molecule has 0 unspecified atom stereocenters. The van der Waals surface area contributed by atoms with Crippen LogP contribution < -0.4 is 10.1 Å². The molecule has 4 rings (SSSR count). The summed E-state index contributed by atoms with van der Waals surface area (Å²) in [5.41, 5.74) is 5.56. The highest BCUT2D eigenvalue weighted by molar-refractivity contribution is 5.97. The summed E-state index contributed by atoms with van der Waals surface area (Å²) >= 11 is 0. The first-order valence-corrected chi connectivity index (χ1v) is 9.68. The number of aryl methyl sites for hydroxylation is 2. The molecule has 2 heterocycles. The van der Waals surface area contributed by atoms with Crippen molar-refractivity contribution >= 4 is 22.5 Å². The molecule has 0 radical (unpaired) electrons. The number of fused-ring (bicyclic) bond motifs is 2. The van der Waals surface area contributed by atoms with Crippen LogP contribution in [0.15, 0.2) is 36.4 Å². The van der Waals surface area contributed by atoms with E-state index < -0.39 is 0 Å². The molecule has 0 atom stereocenters. The molecule has 0 saturated heterocycles. The Morgan fingerprint density at radius 1 is 1.21 bits per heavy atom. The first-order valence-electron chi connectivity index (χ1n) is 9.68. The molecule has 2 aromatic carbocycles. The second-order valence-corrected chi connectivity index (χ2v) is 7.35. The Morgan fingerprint density at radius 3 is 2.75 bits per heavy atom. The molecule has 1 aromatic heterocycles. The molecule has 5 heteroatoms. The molecule has 0 fully saturated rings. The van der Waals surface area contributed by atoms with Gasteiger partial charge in [-0.05, 0) is 62.6 Å². The van der Waals surface area contributed by atoms with Crippen LogP contribution in [-0.4, -0.2) is 16.6 Å². The van der Waals surface area contributed by atoms with Crippen LogP contribution in [0.5, 0.6) is 5.75 Å². The Kier molecular flexibility index (Phi) is 4.56. The Hall–Kier alpha value is -3.26. The molecule has 0 aliphatic carbocycles. The quantitative estimate of drug-likeness (QED) is 0.709. The fourth-order valence-electron chi connectivity index (χ4n) is 3.95. The van der Waals surface area contributed by atoms with Crippen LogP contribution in [-0.2, 0) is 17.8 Å². The van der Waals surface area contributed by atoms with Crippen LogP contribution in [0.3, 0.4) is 0 Å². The highest BCUT2D eigenvalue weighted by atomic mass is 16.5. The van der Waals surface area contributed by atoms with Crippen molar-refractivity contribution in [3.8, 4) is 23.1 Å². The van der Waals surface area contributed by atoms with Crippen LogP contribution in [0.2, 0.25) is 0 Å². The van der Waals surface area contributed by atoms with Crippen molar-refractivity contribution in [1.29, 1.82) is 5.26 Å². The van der Waals surface area contributed by atoms with Crippen molar-refractivity contribution in [1.82, 2.24) is 4.57 Å². The zero-order valence-electron chi connectivity index (χ0n) is 16.4. The Balaban J connectivity index is 1.91. The molecule has 0 saturated carbocycles. The Morgan fingerprint density at radius 2 is 2.04 bits per heavy atom. The molecule has 0 bridgehead atoms. The van der Waals surface area contributed by atoms with E-state index in [9.17, 15) is 10.1 Å². The standard InChI is InChI=1S/C23H23N3O2/c1-4-26-21-12-17(28-14(2)3)7-8-18(21)19(13-24)23(26)16-5-9-20-15(11-16)6-10-22(27)25-20/h5,7-9,11-12,14H,4,6,10H2,1-3H3,(H,25,27). The van der Waals surface area contributed by atoms with E-state index in [1.165, 1.54) is 0 Å². The number of ether oxygens (including phenoxy) is 1. The molecule has 28 heavy (non-hydrogen) atoms. The lowest BCUT2D eigenvalue weighted by Gasteiger charge is -2.18. The van der Waals surface area contributed by atoms with Gasteiger partial charge in [0.1, 0.15) is 11.8 Å². The number of benzene rings is 2. The Labute approximate surface area is 164 Å². The number of nitriles is 1. The van der Waals surface area contributed by atoms with Gasteiger partial charge in [-0.25, -0.2) is 0 Å². The van der Waals surface area contributed by atoms with Crippen LogP contribution in [0.1, 0.15) is 38.3 Å². The van der Waals surface area contributed by atoms with E-state index in [0.29, 0.717) is 12.0 Å². The maximum Gasteiger partial charge on any atom is 0.224 e. The zero-order chi connectivity index (χ0) is 19.8. The lowest BCUT2D eigenvalue weighted by molar-refractivity contribution is -0.116. The summed E-state index contributed by atoms with van der Waals surface area (Å²) in [7, 11) is 0. The minimum absolute atomic E-state index is 0.0540. The normalized spacial score (nSPS) is 13.3. The number of hydrogen-bond donors (Lipinski definition) is 1. The molecule has 5 nitrogen and oxygen atoms in total. The van der Waals surface area contributed by atoms with Gasteiger partial charge in [0.15, 0.2) is 0 Å². The summed E-state index contributed by atoms with van der Waals surface area (Å²) in [6.07, 6.45) is 1.30. The molecule has 1 aliphatic rings. The number of aromatic nitrogens is 1. The first-order chi connectivity index (χ1) is 13.5. The van der Waals surface area contributed by atoms with Gasteiger partial charge in [0.25, 0.3) is 0 Å². The summed E-state index contributed by atoms with van der Waals surface area (Å²) in [6, 6.07) is 14.3. The first kappa shape index (κ1) is 18.1. The lowest BCUT2D eigenvalue weighted by Crippen LogP contribution is -2.18. The number of rotatable bonds is 4. The van der Waals surface area contributed by atoms with Gasteiger partial charge in [-0.3, -0.25) is 4.79 Å². The van der Waals surface area contributed by atoms with E-state index in [2.05, 4.69) is 28.9 Å². The third-order valence-electron chi connectivity index (χ3n) is 5.11. The highest BCUT2D eigenvalue weighted by Gasteiger charge is 2.21. The molecule has 0 spiro atoms. The van der Waals surface area contributed by atoms with Crippen molar-refractivity contribution in [2.45, 2.75) is 46.3 Å². The van der Waals surface area contributed by atoms with E-state index >= 15 is 0 Å². The van der Waals surface area contributed by atoms with E-state index in [-0.39, 0.29) is 12.0 Å². The maximum absolute atomic E-state index is 11.6. The smallest absolute Gasteiger partial charge is 0.224 e. The number of carbonyl (C=O) groups excluding carboxylic acids is 1. The fourth-order valence-corrected chi connectivity index (χ4v) is 3.95. The van der Waals surface area contributed by atoms with Gasteiger partial charge in [-0.1, -0.05) is 6.07 Å². The molecular formula is C23H23N3O2. The number of hydrogen-bond acceptors (Lipinski definition) is 3. The summed E-state index contributed by atoms with van der Waals surface area (Å²) in [5.74, 6) is 0.859. The predicted molar refractivity (Wildman–Crippen MR) is 110 cm³/mol. The molecule has 1 amide bonds. The highest BCUT2D eigenvalue weighted by Crippen LogP contribution is 2.37. The van der Waals surface area contributed by atoms with Crippen LogP contribution in [0.4, 0.5) is 5.69 Å². The molecule has 3 aromatic rings. The third-order valence-corrected chi connectivity index (χ3v) is 5.11. The van der Waals surface area contributed by atoms with Gasteiger partial charge in [0.2, 0.25) is 5.91 Å². The van der Waals surface area contributed by atoms with Gasteiger partial charge in [0, 0.05) is 30.1 Å². The molecule has 1 aliphatic heterocycles. The van der Waals surface area contributed by atoms with Crippen molar-refractivity contribution < 1.29 is 9.53 Å². The maximum atomic E-state index is 11.6. The second-order valence-electron chi connectivity index (χ2n) is 7.35. The van der Waals surface area contributed by atoms with Crippen molar-refractivity contribution in [2.75, 3.05) is 5.32 Å². The number of anilines is 1. The van der Waals surface area contributed by atoms with E-state index in [4.69, 9.17) is 4.74 Å². The van der Waals surface area contributed by atoms with Crippen molar-refractivity contribution in [3.63, 3.8) is 0 Å². The number of nitrogens with one attached hydrogen (secondary N) is 1. The predicted octanol–water partition coefficient (Wildman–Crippen LogP) is 4.87. The van der Waals surface area contributed by atoms with Gasteiger partial charge in [-0.2, -0.15) is 5.26 Å².